The SMILES string of the molecule is COc1cnccc1C(=O)NC[C@@H](C)O. The third-order valence-electron chi connectivity index (χ3n) is 1.81. The second-order valence-corrected chi connectivity index (χ2v) is 3.14. The number of hydrogen-bond donors (Lipinski definition) is 2. The molecule has 5 heteroatoms. The summed E-state index contributed by atoms with van der Waals surface area (Å²) in [6.07, 6.45) is 2.42. The molecule has 1 amide bonds. The number of pyridine rings is 1. The summed E-state index contributed by atoms with van der Waals surface area (Å²) >= 11 is 0. The zero-order valence-electron chi connectivity index (χ0n) is 8.73. The van der Waals surface area contributed by atoms with E-state index in [0.29, 0.717) is 11.3 Å². The van der Waals surface area contributed by atoms with Crippen molar-refractivity contribution in [2.45, 2.75) is 13.0 Å². The lowest BCUT2D eigenvalue weighted by Gasteiger charge is -2.09. The lowest BCUT2D eigenvalue weighted by molar-refractivity contribution is 0.0921. The normalized spacial score (nSPS) is 11.9. The number of nitrogens with zero attached hydrogens (tertiary/aromatic N) is 1. The van der Waals surface area contributed by atoms with E-state index in [1.54, 1.807) is 13.0 Å². The number of rotatable bonds is 4. The number of hydrogen-bond acceptors (Lipinski definition) is 4. The van der Waals surface area contributed by atoms with Crippen LogP contribution < -0.4 is 10.1 Å². The molecule has 0 saturated carbocycles. The van der Waals surface area contributed by atoms with Crippen LogP contribution in [0.5, 0.6) is 5.75 Å². The van der Waals surface area contributed by atoms with Crippen LogP contribution in [0.25, 0.3) is 0 Å². The Hall–Kier alpha value is -1.62. The van der Waals surface area contributed by atoms with Crippen LogP contribution >= 0.6 is 0 Å². The van der Waals surface area contributed by atoms with Crippen molar-refractivity contribution >= 4 is 5.91 Å². The first-order valence-corrected chi connectivity index (χ1v) is 4.59. The molecule has 1 rings (SSSR count). The van der Waals surface area contributed by atoms with Gasteiger partial charge in [0.25, 0.3) is 5.91 Å². The molecule has 0 aliphatic rings. The van der Waals surface area contributed by atoms with E-state index >= 15 is 0 Å². The minimum atomic E-state index is -0.568. The molecule has 2 N–H and O–H groups in total. The summed E-state index contributed by atoms with van der Waals surface area (Å²) in [5.41, 5.74) is 0.410. The molecule has 0 aliphatic carbocycles. The molecule has 0 aromatic carbocycles. The Morgan fingerprint density at radius 3 is 3.07 bits per heavy atom. The van der Waals surface area contributed by atoms with E-state index < -0.39 is 6.10 Å². The van der Waals surface area contributed by atoms with E-state index in [4.69, 9.17) is 9.84 Å². The van der Waals surface area contributed by atoms with Crippen LogP contribution in [0.15, 0.2) is 18.5 Å². The van der Waals surface area contributed by atoms with Gasteiger partial charge in [-0.1, -0.05) is 0 Å². The first-order chi connectivity index (χ1) is 7.15. The van der Waals surface area contributed by atoms with Gasteiger partial charge in [0.2, 0.25) is 0 Å². The molecule has 0 saturated heterocycles. The van der Waals surface area contributed by atoms with Gasteiger partial charge in [0.05, 0.1) is 25.0 Å². The number of amides is 1. The van der Waals surface area contributed by atoms with Gasteiger partial charge < -0.3 is 15.2 Å². The van der Waals surface area contributed by atoms with Gasteiger partial charge in [-0.05, 0) is 13.0 Å². The van der Waals surface area contributed by atoms with Crippen LogP contribution in [0, 0.1) is 0 Å². The largest absolute Gasteiger partial charge is 0.494 e. The molecule has 0 radical (unpaired) electrons. The highest BCUT2D eigenvalue weighted by Gasteiger charge is 2.11. The Bertz CT molecular complexity index is 339. The van der Waals surface area contributed by atoms with Gasteiger partial charge in [0.15, 0.2) is 0 Å². The molecule has 82 valence electrons. The first kappa shape index (κ1) is 11.5. The molecule has 1 heterocycles. The highest BCUT2D eigenvalue weighted by atomic mass is 16.5. The molecule has 15 heavy (non-hydrogen) atoms. The molecule has 1 aromatic heterocycles. The van der Waals surface area contributed by atoms with Gasteiger partial charge in [-0.2, -0.15) is 0 Å². The molecule has 0 unspecified atom stereocenters. The number of aliphatic hydroxyl groups is 1. The van der Waals surface area contributed by atoms with Gasteiger partial charge in [-0.3, -0.25) is 9.78 Å². The maximum atomic E-state index is 11.6. The van der Waals surface area contributed by atoms with Crippen molar-refractivity contribution in [3.63, 3.8) is 0 Å². The number of aromatic nitrogens is 1. The fraction of sp³-hybridized carbons (Fsp3) is 0.400. The summed E-state index contributed by atoms with van der Waals surface area (Å²) in [5.74, 6) is 0.135. The van der Waals surface area contributed by atoms with E-state index in [-0.39, 0.29) is 12.5 Å². The molecule has 1 aromatic rings. The standard InChI is InChI=1S/C10H14N2O3/c1-7(13)5-12-10(14)8-3-4-11-6-9(8)15-2/h3-4,6-7,13H,5H2,1-2H3,(H,12,14)/t7-/m1/s1. The summed E-state index contributed by atoms with van der Waals surface area (Å²) in [5, 5.41) is 11.6. The summed E-state index contributed by atoms with van der Waals surface area (Å²) in [6.45, 7) is 1.81. The fourth-order valence-corrected chi connectivity index (χ4v) is 1.07. The fourth-order valence-electron chi connectivity index (χ4n) is 1.07. The number of methoxy groups -OCH3 is 1. The Balaban J connectivity index is 2.72. The van der Waals surface area contributed by atoms with E-state index in [1.807, 2.05) is 0 Å². The second-order valence-electron chi connectivity index (χ2n) is 3.14. The molecule has 0 aliphatic heterocycles. The maximum absolute atomic E-state index is 11.6. The van der Waals surface area contributed by atoms with Crippen LogP contribution in [0.4, 0.5) is 0 Å². The molecular weight excluding hydrogens is 196 g/mol. The van der Waals surface area contributed by atoms with Crippen LogP contribution in [0.1, 0.15) is 17.3 Å². The lowest BCUT2D eigenvalue weighted by atomic mass is 10.2. The minimum absolute atomic E-state index is 0.213. The second kappa shape index (κ2) is 5.31. The van der Waals surface area contributed by atoms with Crippen molar-refractivity contribution in [2.75, 3.05) is 13.7 Å². The van der Waals surface area contributed by atoms with Gasteiger partial charge in [-0.25, -0.2) is 0 Å². The van der Waals surface area contributed by atoms with Gasteiger partial charge in [-0.15, -0.1) is 0 Å². The van der Waals surface area contributed by atoms with E-state index in [2.05, 4.69) is 10.3 Å². The maximum Gasteiger partial charge on any atom is 0.255 e. The van der Waals surface area contributed by atoms with E-state index in [9.17, 15) is 4.79 Å². The highest BCUT2D eigenvalue weighted by molar-refractivity contribution is 5.96. The molecular formula is C10H14N2O3. The third-order valence-corrected chi connectivity index (χ3v) is 1.81. The summed E-state index contributed by atoms with van der Waals surface area (Å²) in [7, 11) is 1.47. The van der Waals surface area contributed by atoms with Crippen LogP contribution in [-0.4, -0.2) is 35.8 Å². The number of nitrogens with one attached hydrogen (secondary N) is 1. The zero-order valence-corrected chi connectivity index (χ0v) is 8.73. The Kier molecular flexibility index (Phi) is 4.05. The van der Waals surface area contributed by atoms with Crippen LogP contribution in [0.2, 0.25) is 0 Å². The van der Waals surface area contributed by atoms with Crippen molar-refractivity contribution in [1.29, 1.82) is 0 Å². The average Bonchev–Trinajstić information content (AvgIpc) is 2.25. The molecule has 0 spiro atoms. The quantitative estimate of drug-likeness (QED) is 0.744. The topological polar surface area (TPSA) is 71.5 Å². The smallest absolute Gasteiger partial charge is 0.255 e. The highest BCUT2D eigenvalue weighted by Crippen LogP contribution is 2.14. The summed E-state index contributed by atoms with van der Waals surface area (Å²) in [6, 6.07) is 1.57. The summed E-state index contributed by atoms with van der Waals surface area (Å²) in [4.78, 5) is 15.4. The number of ether oxygens (including phenoxy) is 1. The third kappa shape index (κ3) is 3.21. The number of aliphatic hydroxyl groups excluding tert-OH is 1. The predicted octanol–water partition coefficient (Wildman–Crippen LogP) is 0.201. The van der Waals surface area contributed by atoms with Crippen molar-refractivity contribution < 1.29 is 14.6 Å². The molecule has 0 bridgehead atoms. The van der Waals surface area contributed by atoms with E-state index in [1.165, 1.54) is 19.5 Å². The Morgan fingerprint density at radius 1 is 1.73 bits per heavy atom. The Morgan fingerprint density at radius 2 is 2.47 bits per heavy atom. The van der Waals surface area contributed by atoms with Gasteiger partial charge in [0, 0.05) is 12.7 Å². The van der Waals surface area contributed by atoms with Crippen molar-refractivity contribution in [2.24, 2.45) is 0 Å². The number of carbonyl (C=O) groups excluding carboxylic acids is 1. The van der Waals surface area contributed by atoms with Gasteiger partial charge >= 0.3 is 0 Å². The average molecular weight is 210 g/mol. The molecule has 5 nitrogen and oxygen atoms in total. The Labute approximate surface area is 88.1 Å². The van der Waals surface area contributed by atoms with Crippen molar-refractivity contribution in [1.82, 2.24) is 10.3 Å². The first-order valence-electron chi connectivity index (χ1n) is 4.59. The molecule has 1 atom stereocenters. The summed E-state index contributed by atoms with van der Waals surface area (Å²) < 4.78 is 4.99. The van der Waals surface area contributed by atoms with Crippen LogP contribution in [0.3, 0.4) is 0 Å². The minimum Gasteiger partial charge on any atom is -0.494 e. The molecule has 0 fully saturated rings. The van der Waals surface area contributed by atoms with E-state index in [0.717, 1.165) is 0 Å². The van der Waals surface area contributed by atoms with Crippen molar-refractivity contribution in [3.05, 3.63) is 24.0 Å². The predicted molar refractivity (Wildman–Crippen MR) is 54.8 cm³/mol. The van der Waals surface area contributed by atoms with Crippen LogP contribution in [-0.2, 0) is 0 Å². The number of carbonyl (C=O) groups is 1. The zero-order chi connectivity index (χ0) is 11.3. The monoisotopic (exact) mass is 210 g/mol. The van der Waals surface area contributed by atoms with Gasteiger partial charge in [0.1, 0.15) is 5.75 Å². The lowest BCUT2D eigenvalue weighted by Crippen LogP contribution is -2.30. The van der Waals surface area contributed by atoms with Crippen molar-refractivity contribution in [3.8, 4) is 5.75 Å².